The number of nitrogens with one attached hydrogen (secondary N) is 3. The summed E-state index contributed by atoms with van der Waals surface area (Å²) in [6.45, 7) is 0. The molecule has 0 bridgehead atoms. The molecule has 0 atom stereocenters. The number of aliphatic hydroxyl groups is 3. The van der Waals surface area contributed by atoms with Gasteiger partial charge in [0.05, 0.1) is 26.9 Å². The first-order valence-electron chi connectivity index (χ1n) is 17.3. The standard InChI is InChI=1S/C41H32N6O11S2/c48-37(25-13-17-35(18-14-25)59(53,54)55)42-29-7-1-5-27(21-29)39(50)44-31-9-3-11-33(23-31)46-41(52)47-34-12-4-10-32(24-34)45-40(51)28-6-2-8-30(22-28)43-38(49)26-15-19-36(20-16-26)60(56,57)58/h1-24H,(H,42,48)(H,43,49)(H,44,50)(H,45,51)(H2,46,47,52)(H,53,54,55)(H,56,57,58). The fourth-order valence-electron chi connectivity index (χ4n) is 5.37. The van der Waals surface area contributed by atoms with Gasteiger partial charge in [0, 0.05) is 39.3 Å². The Bertz CT molecular complexity index is 2920. The van der Waals surface area contributed by atoms with E-state index in [0.717, 1.165) is 24.3 Å². The Labute approximate surface area is 342 Å². The normalized spacial score (nSPS) is 12.4. The van der Waals surface area contributed by atoms with Crippen molar-refractivity contribution in [3.05, 3.63) is 168 Å². The van der Waals surface area contributed by atoms with Crippen LogP contribution >= 0.6 is 0 Å². The lowest BCUT2D eigenvalue weighted by molar-refractivity contribution is 0.101. The largest absolute Gasteiger partial charge is 0.493 e. The number of carbonyl (C=O) groups is 2. The Balaban J connectivity index is 1.09. The van der Waals surface area contributed by atoms with Crippen LogP contribution in [0.25, 0.3) is 0 Å². The maximum Gasteiger partial charge on any atom is 0.294 e. The smallest absolute Gasteiger partial charge is 0.294 e. The summed E-state index contributed by atoms with van der Waals surface area (Å²) in [5.74, 6) is -1.91. The molecule has 0 aliphatic heterocycles. The van der Waals surface area contributed by atoms with Gasteiger partial charge in [-0.05, 0) is 121 Å². The van der Waals surface area contributed by atoms with Crippen molar-refractivity contribution in [2.45, 2.75) is 9.79 Å². The molecule has 17 nitrogen and oxygen atoms in total. The third kappa shape index (κ3) is 11.2. The third-order valence-electron chi connectivity index (χ3n) is 8.22. The van der Waals surface area contributed by atoms with Crippen LogP contribution in [-0.2, 0) is 20.2 Å². The van der Waals surface area contributed by atoms with Gasteiger partial charge in [0.1, 0.15) is 0 Å². The zero-order chi connectivity index (χ0) is 43.0. The highest BCUT2D eigenvalue weighted by molar-refractivity contribution is 7.86. The Morgan fingerprint density at radius 2 is 0.783 bits per heavy atom. The number of aliphatic imine (C=N–C) groups is 3. The maximum absolute atomic E-state index is 12.7. The molecule has 0 saturated carbocycles. The number of benzene rings is 6. The van der Waals surface area contributed by atoms with Crippen LogP contribution in [0.5, 0.6) is 0 Å². The van der Waals surface area contributed by atoms with Crippen molar-refractivity contribution in [1.82, 2.24) is 0 Å². The first-order valence-corrected chi connectivity index (χ1v) is 20.2. The number of anilines is 3. The molecule has 60 heavy (non-hydrogen) atoms. The second kappa shape index (κ2) is 17.8. The van der Waals surface area contributed by atoms with Crippen LogP contribution in [0, 0.1) is 0 Å². The number of amidine groups is 1. The van der Waals surface area contributed by atoms with Gasteiger partial charge in [-0.15, -0.1) is 0 Å². The molecule has 0 radical (unpaired) electrons. The van der Waals surface area contributed by atoms with Crippen molar-refractivity contribution in [2.24, 2.45) is 15.0 Å². The van der Waals surface area contributed by atoms with Crippen molar-refractivity contribution in [1.29, 1.82) is 0 Å². The van der Waals surface area contributed by atoms with E-state index in [2.05, 4.69) is 30.9 Å². The van der Waals surface area contributed by atoms with Gasteiger partial charge in [-0.25, -0.2) is 9.98 Å². The van der Waals surface area contributed by atoms with Crippen molar-refractivity contribution in [2.75, 3.05) is 16.0 Å². The topological polar surface area (TPSA) is 277 Å². The van der Waals surface area contributed by atoms with Gasteiger partial charge in [-0.1, -0.05) is 24.3 Å². The van der Waals surface area contributed by atoms with Gasteiger partial charge in [0.15, 0.2) is 0 Å². The molecule has 0 aliphatic rings. The van der Waals surface area contributed by atoms with Crippen molar-refractivity contribution in [3.8, 4) is 0 Å². The fraction of sp³-hybridized carbons (Fsp3) is 0. The van der Waals surface area contributed by atoms with Gasteiger partial charge in [0.25, 0.3) is 38.1 Å². The van der Waals surface area contributed by atoms with Gasteiger partial charge >= 0.3 is 0 Å². The summed E-state index contributed by atoms with van der Waals surface area (Å²) in [5.41, 5.74) is 2.58. The van der Waals surface area contributed by atoms with Crippen molar-refractivity contribution >= 4 is 84.0 Å². The van der Waals surface area contributed by atoms with Crippen LogP contribution in [0.3, 0.4) is 0 Å². The summed E-state index contributed by atoms with van der Waals surface area (Å²) in [7, 11) is -8.83. The van der Waals surface area contributed by atoms with E-state index in [1.54, 1.807) is 72.8 Å². The minimum absolute atomic E-state index is 0.125. The van der Waals surface area contributed by atoms with Gasteiger partial charge < -0.3 is 31.3 Å². The van der Waals surface area contributed by atoms with E-state index >= 15 is 0 Å². The van der Waals surface area contributed by atoms with Crippen molar-refractivity contribution < 1.29 is 50.8 Å². The summed E-state index contributed by atoms with van der Waals surface area (Å²) in [6, 6.07) is 33.8. The minimum Gasteiger partial charge on any atom is -0.493 e. The zero-order valence-electron chi connectivity index (χ0n) is 30.7. The Hall–Kier alpha value is -7.71. The number of nitrogens with zero attached hydrogens (tertiary/aromatic N) is 3. The van der Waals surface area contributed by atoms with Gasteiger partial charge in [-0.2, -0.15) is 21.8 Å². The average molecular weight is 849 g/mol. The lowest BCUT2D eigenvalue weighted by Crippen LogP contribution is -2.12. The molecular weight excluding hydrogens is 817 g/mol. The van der Waals surface area contributed by atoms with Gasteiger partial charge in [-0.3, -0.25) is 18.7 Å². The lowest BCUT2D eigenvalue weighted by atomic mass is 10.1. The molecule has 0 saturated heterocycles. The van der Waals surface area contributed by atoms with E-state index in [1.165, 1.54) is 48.5 Å². The monoisotopic (exact) mass is 848 g/mol. The van der Waals surface area contributed by atoms with Crippen LogP contribution < -0.4 is 16.0 Å². The fourth-order valence-corrected chi connectivity index (χ4v) is 6.33. The molecule has 0 aliphatic carbocycles. The molecule has 6 aromatic rings. The lowest BCUT2D eigenvalue weighted by Gasteiger charge is -2.08. The van der Waals surface area contributed by atoms with Crippen molar-refractivity contribution in [3.63, 3.8) is 0 Å². The Morgan fingerprint density at radius 1 is 0.417 bits per heavy atom. The predicted octanol–water partition coefficient (Wildman–Crippen LogP) is 7.61. The predicted molar refractivity (Wildman–Crippen MR) is 225 cm³/mol. The first-order chi connectivity index (χ1) is 28.5. The van der Waals surface area contributed by atoms with E-state index < -0.39 is 44.0 Å². The molecule has 0 unspecified atom stereocenters. The molecule has 304 valence electrons. The first kappa shape index (κ1) is 41.9. The summed E-state index contributed by atoms with van der Waals surface area (Å²) >= 11 is 0. The molecule has 0 aromatic heterocycles. The highest BCUT2D eigenvalue weighted by atomic mass is 32.2. The summed E-state index contributed by atoms with van der Waals surface area (Å²) in [6.07, 6.45) is 0. The Kier molecular flexibility index (Phi) is 12.5. The second-order valence-corrected chi connectivity index (χ2v) is 15.4. The van der Waals surface area contributed by atoms with E-state index in [1.807, 2.05) is 0 Å². The van der Waals surface area contributed by atoms with E-state index in [-0.39, 0.29) is 49.3 Å². The SMILES string of the molecule is O=C(Nc1cccc(C(O)=Nc2cccc(N=C(O)Nc3cccc(N=C(O)c4cccc(NC(=O)c5ccc(S(=O)(=O)O)cc5)c4)c3)c2)c1)c1ccc(S(=O)(=O)O)cc1. The number of rotatable bonds is 12. The molecule has 0 fully saturated rings. The summed E-state index contributed by atoms with van der Waals surface area (Å²) in [4.78, 5) is 37.3. The molecule has 2 amide bonds. The molecular formula is C41H32N6O11S2. The third-order valence-corrected chi connectivity index (χ3v) is 9.96. The molecule has 6 rings (SSSR count). The van der Waals surface area contributed by atoms with Crippen LogP contribution in [-0.4, -0.2) is 70.9 Å². The number of hydrogen-bond acceptors (Lipinski definition) is 9. The van der Waals surface area contributed by atoms with E-state index in [0.29, 0.717) is 22.7 Å². The number of carbonyl (C=O) groups excluding carboxylic acids is 2. The molecule has 6 aromatic carbocycles. The quantitative estimate of drug-likeness (QED) is 0.0336. The maximum atomic E-state index is 12.7. The van der Waals surface area contributed by atoms with E-state index in [4.69, 9.17) is 9.11 Å². The zero-order valence-corrected chi connectivity index (χ0v) is 32.3. The van der Waals surface area contributed by atoms with Crippen LogP contribution in [0.2, 0.25) is 0 Å². The molecule has 0 spiro atoms. The number of aliphatic hydroxyl groups excluding tert-OH is 3. The highest BCUT2D eigenvalue weighted by Crippen LogP contribution is 2.24. The van der Waals surface area contributed by atoms with Crippen LogP contribution in [0.1, 0.15) is 31.8 Å². The second-order valence-electron chi connectivity index (χ2n) is 12.6. The minimum atomic E-state index is -4.42. The summed E-state index contributed by atoms with van der Waals surface area (Å²) < 4.78 is 63.4. The highest BCUT2D eigenvalue weighted by Gasteiger charge is 2.14. The molecule has 8 N–H and O–H groups in total. The van der Waals surface area contributed by atoms with Crippen LogP contribution in [0.4, 0.5) is 34.1 Å². The Morgan fingerprint density at radius 3 is 1.22 bits per heavy atom. The van der Waals surface area contributed by atoms with Crippen LogP contribution in [0.15, 0.2) is 170 Å². The average Bonchev–Trinajstić information content (AvgIpc) is 3.20. The van der Waals surface area contributed by atoms with Gasteiger partial charge in [0.2, 0.25) is 11.8 Å². The number of amides is 2. The van der Waals surface area contributed by atoms with E-state index in [9.17, 15) is 41.7 Å². The molecule has 19 heteroatoms. The molecule has 0 heterocycles. The number of hydrogen-bond donors (Lipinski definition) is 8. The summed E-state index contributed by atoms with van der Waals surface area (Å²) in [5, 5.41) is 40.3.